The average molecular weight is 600 g/mol. The highest BCUT2D eigenvalue weighted by Gasteiger charge is 2.34. The van der Waals surface area contributed by atoms with Crippen molar-refractivity contribution in [1.29, 1.82) is 0 Å². The van der Waals surface area contributed by atoms with E-state index in [4.69, 9.17) is 9.73 Å². The van der Waals surface area contributed by atoms with Gasteiger partial charge in [0.25, 0.3) is 5.91 Å². The number of carbonyl (C=O) groups is 1. The molecule has 4 nitrogen and oxygen atoms in total. The van der Waals surface area contributed by atoms with E-state index in [1.165, 1.54) is 11.8 Å². The number of hydrogen-bond donors (Lipinski definition) is 0. The van der Waals surface area contributed by atoms with Crippen LogP contribution in [0.5, 0.6) is 5.75 Å². The number of carbonyl (C=O) groups excluding carboxylic acids is 1. The van der Waals surface area contributed by atoms with Gasteiger partial charge in [-0.2, -0.15) is 0 Å². The molecular formula is C27H24Br2N2O2S. The number of amidine groups is 1. The Morgan fingerprint density at radius 1 is 0.971 bits per heavy atom. The Kier molecular flexibility index (Phi) is 7.96. The molecule has 7 heteroatoms. The monoisotopic (exact) mass is 598 g/mol. The van der Waals surface area contributed by atoms with Crippen LogP contribution in [-0.4, -0.2) is 17.7 Å². The molecule has 0 aliphatic carbocycles. The van der Waals surface area contributed by atoms with Crippen LogP contribution in [0.3, 0.4) is 0 Å². The van der Waals surface area contributed by atoms with Crippen molar-refractivity contribution in [2.75, 3.05) is 11.5 Å². The maximum atomic E-state index is 13.5. The Bertz CT molecular complexity index is 1250. The van der Waals surface area contributed by atoms with Crippen molar-refractivity contribution in [2.45, 2.75) is 27.2 Å². The minimum atomic E-state index is -0.0988. The number of hydrogen-bond acceptors (Lipinski definition) is 4. The normalized spacial score (nSPS) is 16.0. The molecule has 174 valence electrons. The summed E-state index contributed by atoms with van der Waals surface area (Å²) in [6.07, 6.45) is 2.82. The summed E-state index contributed by atoms with van der Waals surface area (Å²) in [4.78, 5) is 20.6. The van der Waals surface area contributed by atoms with Gasteiger partial charge in [0.1, 0.15) is 5.75 Å². The lowest BCUT2D eigenvalue weighted by Crippen LogP contribution is -2.28. The molecule has 1 saturated heterocycles. The number of rotatable bonds is 6. The van der Waals surface area contributed by atoms with Crippen molar-refractivity contribution < 1.29 is 9.53 Å². The standard InChI is InChI=1S/C27H24Br2N2O2S/c1-4-13-33-25-22(28)14-19(15-23(25)29)16-24-26(32)31(21-11-7-18(3)8-12-21)27(34-24)30-20-9-5-17(2)6-10-20/h5-12,14-16H,4,13H2,1-3H3/b24-16-,30-27?. The van der Waals surface area contributed by atoms with E-state index in [1.54, 1.807) is 4.90 Å². The van der Waals surface area contributed by atoms with Crippen LogP contribution >= 0.6 is 43.6 Å². The molecule has 4 rings (SSSR count). The van der Waals surface area contributed by atoms with Crippen LogP contribution in [0.2, 0.25) is 0 Å². The highest BCUT2D eigenvalue weighted by atomic mass is 79.9. The minimum Gasteiger partial charge on any atom is -0.491 e. The smallest absolute Gasteiger partial charge is 0.271 e. The lowest BCUT2D eigenvalue weighted by molar-refractivity contribution is -0.113. The minimum absolute atomic E-state index is 0.0988. The topological polar surface area (TPSA) is 41.9 Å². The van der Waals surface area contributed by atoms with Crippen molar-refractivity contribution in [3.05, 3.63) is 91.2 Å². The molecule has 1 aliphatic heterocycles. The molecule has 0 unspecified atom stereocenters. The number of aryl methyl sites for hydroxylation is 2. The van der Waals surface area contributed by atoms with Gasteiger partial charge in [0.2, 0.25) is 0 Å². The van der Waals surface area contributed by atoms with Gasteiger partial charge >= 0.3 is 0 Å². The Balaban J connectivity index is 1.73. The van der Waals surface area contributed by atoms with Crippen LogP contribution in [-0.2, 0) is 4.79 Å². The van der Waals surface area contributed by atoms with Gasteiger partial charge in [0, 0.05) is 0 Å². The Labute approximate surface area is 221 Å². The van der Waals surface area contributed by atoms with Gasteiger partial charge in [-0.05, 0) is 112 Å². The summed E-state index contributed by atoms with van der Waals surface area (Å²) in [5.41, 5.74) is 4.79. The van der Waals surface area contributed by atoms with Gasteiger partial charge in [-0.25, -0.2) is 4.99 Å². The molecule has 34 heavy (non-hydrogen) atoms. The number of halogens is 2. The second-order valence-electron chi connectivity index (χ2n) is 7.98. The number of ether oxygens (including phenoxy) is 1. The molecule has 1 fully saturated rings. The van der Waals surface area contributed by atoms with E-state index in [0.717, 1.165) is 49.2 Å². The Morgan fingerprint density at radius 2 is 1.56 bits per heavy atom. The van der Waals surface area contributed by atoms with Crippen LogP contribution in [0.1, 0.15) is 30.0 Å². The van der Waals surface area contributed by atoms with Gasteiger partial charge in [0.15, 0.2) is 5.17 Å². The van der Waals surface area contributed by atoms with Gasteiger partial charge in [0.05, 0.1) is 31.8 Å². The second-order valence-corrected chi connectivity index (χ2v) is 10.7. The molecule has 0 aromatic heterocycles. The molecule has 0 N–H and O–H groups in total. The van der Waals surface area contributed by atoms with Gasteiger partial charge in [-0.1, -0.05) is 42.3 Å². The number of nitrogens with zero attached hydrogens (tertiary/aromatic N) is 2. The van der Waals surface area contributed by atoms with Crippen molar-refractivity contribution in [1.82, 2.24) is 0 Å². The zero-order valence-electron chi connectivity index (χ0n) is 19.1. The van der Waals surface area contributed by atoms with E-state index in [-0.39, 0.29) is 5.91 Å². The second kappa shape index (κ2) is 10.9. The molecule has 1 amide bonds. The van der Waals surface area contributed by atoms with E-state index >= 15 is 0 Å². The van der Waals surface area contributed by atoms with Crippen LogP contribution in [0.4, 0.5) is 11.4 Å². The number of benzene rings is 3. The summed E-state index contributed by atoms with van der Waals surface area (Å²) >= 11 is 8.57. The summed E-state index contributed by atoms with van der Waals surface area (Å²) < 4.78 is 7.49. The fourth-order valence-electron chi connectivity index (χ4n) is 3.36. The average Bonchev–Trinajstić information content (AvgIpc) is 3.10. The molecule has 0 bridgehead atoms. The molecular weight excluding hydrogens is 576 g/mol. The lowest BCUT2D eigenvalue weighted by Gasteiger charge is -2.16. The highest BCUT2D eigenvalue weighted by molar-refractivity contribution is 9.11. The van der Waals surface area contributed by atoms with Gasteiger partial charge in [-0.15, -0.1) is 0 Å². The van der Waals surface area contributed by atoms with Crippen molar-refractivity contribution in [3.8, 4) is 5.75 Å². The molecule has 0 radical (unpaired) electrons. The SMILES string of the molecule is CCCOc1c(Br)cc(/C=C2\SC(=Nc3ccc(C)cc3)N(c3ccc(C)cc3)C2=O)cc1Br. The molecule has 1 aliphatic rings. The van der Waals surface area contributed by atoms with E-state index < -0.39 is 0 Å². The van der Waals surface area contributed by atoms with Crippen LogP contribution in [0, 0.1) is 13.8 Å². The number of aliphatic imine (C=N–C) groups is 1. The third kappa shape index (κ3) is 5.65. The predicted molar refractivity (Wildman–Crippen MR) is 150 cm³/mol. The first-order valence-corrected chi connectivity index (χ1v) is 13.3. The molecule has 0 saturated carbocycles. The van der Waals surface area contributed by atoms with E-state index in [9.17, 15) is 4.79 Å². The zero-order valence-corrected chi connectivity index (χ0v) is 23.1. The fraction of sp³-hybridized carbons (Fsp3) is 0.185. The summed E-state index contributed by atoms with van der Waals surface area (Å²) in [6.45, 7) is 6.77. The maximum absolute atomic E-state index is 13.5. The molecule has 1 heterocycles. The van der Waals surface area contributed by atoms with E-state index in [2.05, 4.69) is 38.8 Å². The number of thioether (sulfide) groups is 1. The zero-order chi connectivity index (χ0) is 24.2. The summed E-state index contributed by atoms with van der Waals surface area (Å²) in [7, 11) is 0. The molecule has 0 spiro atoms. The van der Waals surface area contributed by atoms with Crippen LogP contribution in [0.15, 0.2) is 79.5 Å². The van der Waals surface area contributed by atoms with Crippen molar-refractivity contribution >= 4 is 72.1 Å². The lowest BCUT2D eigenvalue weighted by atomic mass is 10.2. The number of amides is 1. The Hall–Kier alpha value is -2.35. The first-order chi connectivity index (χ1) is 16.4. The molecule has 3 aromatic rings. The maximum Gasteiger partial charge on any atom is 0.271 e. The quantitative estimate of drug-likeness (QED) is 0.267. The summed E-state index contributed by atoms with van der Waals surface area (Å²) in [5.74, 6) is 0.663. The molecule has 0 atom stereocenters. The van der Waals surface area contributed by atoms with Crippen LogP contribution < -0.4 is 9.64 Å². The van der Waals surface area contributed by atoms with E-state index in [0.29, 0.717) is 16.7 Å². The third-order valence-electron chi connectivity index (χ3n) is 5.13. The third-order valence-corrected chi connectivity index (χ3v) is 7.27. The highest BCUT2D eigenvalue weighted by Crippen LogP contribution is 2.40. The van der Waals surface area contributed by atoms with Crippen LogP contribution in [0.25, 0.3) is 6.08 Å². The number of anilines is 1. The van der Waals surface area contributed by atoms with Gasteiger partial charge < -0.3 is 4.74 Å². The van der Waals surface area contributed by atoms with E-state index in [1.807, 2.05) is 80.6 Å². The first-order valence-electron chi connectivity index (χ1n) is 10.9. The fourth-order valence-corrected chi connectivity index (χ4v) is 5.81. The summed E-state index contributed by atoms with van der Waals surface area (Å²) in [5, 5.41) is 0.630. The summed E-state index contributed by atoms with van der Waals surface area (Å²) in [6, 6.07) is 19.8. The largest absolute Gasteiger partial charge is 0.491 e. The molecule has 3 aromatic carbocycles. The van der Waals surface area contributed by atoms with Crippen molar-refractivity contribution in [2.24, 2.45) is 4.99 Å². The first kappa shape index (κ1) is 24.8. The van der Waals surface area contributed by atoms with Gasteiger partial charge in [-0.3, -0.25) is 9.69 Å². The predicted octanol–water partition coefficient (Wildman–Crippen LogP) is 8.43. The van der Waals surface area contributed by atoms with Crippen molar-refractivity contribution in [3.63, 3.8) is 0 Å². The Morgan fingerprint density at radius 3 is 2.15 bits per heavy atom.